The van der Waals surface area contributed by atoms with Crippen molar-refractivity contribution in [2.24, 2.45) is 0 Å². The highest BCUT2D eigenvalue weighted by atomic mass is 32.2. The number of carbonyl (C=O) groups excluding carboxylic acids is 1. The van der Waals surface area contributed by atoms with Gasteiger partial charge in [0.05, 0.1) is 32.6 Å². The lowest BCUT2D eigenvalue weighted by molar-refractivity contribution is 0.0677. The molecule has 0 unspecified atom stereocenters. The lowest BCUT2D eigenvalue weighted by atomic mass is 10.1. The van der Waals surface area contributed by atoms with Crippen molar-refractivity contribution in [3.8, 4) is 17.2 Å². The number of nitrogens with zero attached hydrogens (tertiary/aromatic N) is 1. The van der Waals surface area contributed by atoms with Crippen LogP contribution in [-0.2, 0) is 21.4 Å². The Balaban J connectivity index is 2.24. The van der Waals surface area contributed by atoms with E-state index in [-0.39, 0.29) is 11.7 Å². The summed E-state index contributed by atoms with van der Waals surface area (Å²) in [7, 11) is 1.00. The van der Waals surface area contributed by atoms with E-state index in [0.717, 1.165) is 11.8 Å². The molecular formula is C20H25NO7S. The van der Waals surface area contributed by atoms with E-state index in [9.17, 15) is 13.2 Å². The Morgan fingerprint density at radius 1 is 0.966 bits per heavy atom. The Bertz CT molecular complexity index is 926. The number of benzene rings is 2. The van der Waals surface area contributed by atoms with Gasteiger partial charge in [0.25, 0.3) is 5.91 Å². The molecule has 1 amide bonds. The predicted molar refractivity (Wildman–Crippen MR) is 108 cm³/mol. The highest BCUT2D eigenvalue weighted by Crippen LogP contribution is 2.26. The molecule has 0 aliphatic heterocycles. The van der Waals surface area contributed by atoms with Gasteiger partial charge in [0.2, 0.25) is 0 Å². The fourth-order valence-corrected chi connectivity index (χ4v) is 3.11. The summed E-state index contributed by atoms with van der Waals surface area (Å²) < 4.78 is 42.9. The van der Waals surface area contributed by atoms with Gasteiger partial charge in [-0.2, -0.15) is 8.42 Å². The zero-order valence-electron chi connectivity index (χ0n) is 16.9. The van der Waals surface area contributed by atoms with Crippen LogP contribution in [0.25, 0.3) is 0 Å². The summed E-state index contributed by atoms with van der Waals surface area (Å²) in [6, 6.07) is 11.5. The molecule has 0 saturated heterocycles. The number of ether oxygens (including phenoxy) is 3. The molecule has 29 heavy (non-hydrogen) atoms. The third-order valence-corrected chi connectivity index (χ3v) is 4.53. The number of hydrogen-bond acceptors (Lipinski definition) is 7. The Morgan fingerprint density at radius 2 is 1.62 bits per heavy atom. The summed E-state index contributed by atoms with van der Waals surface area (Å²) in [5, 5.41) is 0. The maximum atomic E-state index is 13.1. The molecule has 0 radical (unpaired) electrons. The lowest BCUT2D eigenvalue weighted by Crippen LogP contribution is -2.33. The molecular weight excluding hydrogens is 398 g/mol. The van der Waals surface area contributed by atoms with Crippen LogP contribution < -0.4 is 13.7 Å². The van der Waals surface area contributed by atoms with Crippen molar-refractivity contribution in [3.63, 3.8) is 0 Å². The molecule has 0 heterocycles. The molecule has 0 saturated carbocycles. The molecule has 2 aromatic rings. The molecule has 8 nitrogen and oxygen atoms in total. The van der Waals surface area contributed by atoms with Crippen molar-refractivity contribution in [2.45, 2.75) is 6.54 Å². The number of carbonyl (C=O) groups is 1. The van der Waals surface area contributed by atoms with Gasteiger partial charge in [0, 0.05) is 26.3 Å². The lowest BCUT2D eigenvalue weighted by Gasteiger charge is -2.24. The third-order valence-electron chi connectivity index (χ3n) is 4.04. The first kappa shape index (κ1) is 22.5. The van der Waals surface area contributed by atoms with Crippen molar-refractivity contribution in [3.05, 3.63) is 53.6 Å². The van der Waals surface area contributed by atoms with Crippen molar-refractivity contribution < 1.29 is 31.6 Å². The SMILES string of the molecule is COCCN(Cc1ccc(OS(C)(=O)=O)cc1)C(=O)c1ccc(OC)cc1OC. The van der Waals surface area contributed by atoms with E-state index in [1.165, 1.54) is 14.2 Å². The zero-order chi connectivity index (χ0) is 21.4. The van der Waals surface area contributed by atoms with Crippen LogP contribution in [0.4, 0.5) is 0 Å². The maximum absolute atomic E-state index is 13.1. The molecule has 9 heteroatoms. The van der Waals surface area contributed by atoms with Crippen LogP contribution in [0, 0.1) is 0 Å². The van der Waals surface area contributed by atoms with E-state index in [2.05, 4.69) is 0 Å². The van der Waals surface area contributed by atoms with Gasteiger partial charge in [-0.1, -0.05) is 12.1 Å². The molecule has 2 aromatic carbocycles. The van der Waals surface area contributed by atoms with Gasteiger partial charge in [-0.05, 0) is 29.8 Å². The van der Waals surface area contributed by atoms with Gasteiger partial charge < -0.3 is 23.3 Å². The third kappa shape index (κ3) is 6.65. The summed E-state index contributed by atoms with van der Waals surface area (Å²) >= 11 is 0. The summed E-state index contributed by atoms with van der Waals surface area (Å²) in [4.78, 5) is 14.8. The van der Waals surface area contributed by atoms with E-state index < -0.39 is 10.1 Å². The minimum absolute atomic E-state index is 0.211. The van der Waals surface area contributed by atoms with Crippen LogP contribution in [0.1, 0.15) is 15.9 Å². The van der Waals surface area contributed by atoms with E-state index >= 15 is 0 Å². The first-order valence-electron chi connectivity index (χ1n) is 8.76. The van der Waals surface area contributed by atoms with Crippen molar-refractivity contribution >= 4 is 16.0 Å². The van der Waals surface area contributed by atoms with E-state index in [1.54, 1.807) is 54.5 Å². The Hall–Kier alpha value is -2.78. The van der Waals surface area contributed by atoms with Crippen LogP contribution in [0.15, 0.2) is 42.5 Å². The Kier molecular flexibility index (Phi) is 7.86. The van der Waals surface area contributed by atoms with E-state index in [4.69, 9.17) is 18.4 Å². The number of hydrogen-bond donors (Lipinski definition) is 0. The number of amides is 1. The minimum Gasteiger partial charge on any atom is -0.497 e. The molecule has 0 fully saturated rings. The largest absolute Gasteiger partial charge is 0.497 e. The fraction of sp³-hybridized carbons (Fsp3) is 0.350. The van der Waals surface area contributed by atoms with Gasteiger partial charge in [0.15, 0.2) is 0 Å². The van der Waals surface area contributed by atoms with E-state index in [0.29, 0.717) is 36.8 Å². The molecule has 0 atom stereocenters. The highest BCUT2D eigenvalue weighted by Gasteiger charge is 2.20. The molecule has 158 valence electrons. The Labute approximate surface area is 171 Å². The van der Waals surface area contributed by atoms with Gasteiger partial charge in [0.1, 0.15) is 17.2 Å². The average Bonchev–Trinajstić information content (AvgIpc) is 2.70. The normalized spacial score (nSPS) is 11.0. The van der Waals surface area contributed by atoms with Gasteiger partial charge in [-0.3, -0.25) is 4.79 Å². The standard InChI is InChI=1S/C20H25NO7S/c1-25-12-11-21(14-15-5-7-16(8-6-15)28-29(4,23)24)20(22)18-10-9-17(26-2)13-19(18)27-3/h5-10,13H,11-12,14H2,1-4H3. The van der Waals surface area contributed by atoms with Crippen molar-refractivity contribution in [1.29, 1.82) is 0 Å². The summed E-state index contributed by atoms with van der Waals surface area (Å²) in [6.07, 6.45) is 0.980. The van der Waals surface area contributed by atoms with Crippen LogP contribution in [0.5, 0.6) is 17.2 Å². The summed E-state index contributed by atoms with van der Waals surface area (Å²) in [5.41, 5.74) is 1.21. The topological polar surface area (TPSA) is 91.4 Å². The molecule has 0 N–H and O–H groups in total. The average molecular weight is 423 g/mol. The smallest absolute Gasteiger partial charge is 0.306 e. The molecule has 0 aliphatic carbocycles. The summed E-state index contributed by atoms with van der Waals surface area (Å²) in [6.45, 7) is 1.03. The fourth-order valence-electron chi connectivity index (χ4n) is 2.65. The van der Waals surface area contributed by atoms with Gasteiger partial charge in [-0.25, -0.2) is 0 Å². The zero-order valence-corrected chi connectivity index (χ0v) is 17.7. The van der Waals surface area contributed by atoms with Crippen LogP contribution in [0.2, 0.25) is 0 Å². The molecule has 0 aliphatic rings. The Morgan fingerprint density at radius 3 is 2.17 bits per heavy atom. The summed E-state index contributed by atoms with van der Waals surface area (Å²) in [5.74, 6) is 0.984. The van der Waals surface area contributed by atoms with Gasteiger partial charge >= 0.3 is 10.1 Å². The first-order valence-corrected chi connectivity index (χ1v) is 10.6. The minimum atomic E-state index is -3.59. The monoisotopic (exact) mass is 423 g/mol. The van der Waals surface area contributed by atoms with Crippen LogP contribution in [0.3, 0.4) is 0 Å². The molecule has 0 aromatic heterocycles. The molecule has 0 bridgehead atoms. The molecule has 0 spiro atoms. The second-order valence-electron chi connectivity index (χ2n) is 6.22. The van der Waals surface area contributed by atoms with Crippen LogP contribution >= 0.6 is 0 Å². The maximum Gasteiger partial charge on any atom is 0.306 e. The number of rotatable bonds is 10. The number of methoxy groups -OCH3 is 3. The second-order valence-corrected chi connectivity index (χ2v) is 7.79. The van der Waals surface area contributed by atoms with E-state index in [1.807, 2.05) is 0 Å². The molecule has 2 rings (SSSR count). The highest BCUT2D eigenvalue weighted by molar-refractivity contribution is 7.86. The predicted octanol–water partition coefficient (Wildman–Crippen LogP) is 2.33. The first-order chi connectivity index (χ1) is 13.8. The van der Waals surface area contributed by atoms with Crippen LogP contribution in [-0.4, -0.2) is 60.0 Å². The van der Waals surface area contributed by atoms with Gasteiger partial charge in [-0.15, -0.1) is 0 Å². The van der Waals surface area contributed by atoms with Crippen molar-refractivity contribution in [2.75, 3.05) is 40.7 Å². The second kappa shape index (κ2) is 10.1. The quantitative estimate of drug-likeness (QED) is 0.542. The van der Waals surface area contributed by atoms with Crippen molar-refractivity contribution in [1.82, 2.24) is 4.90 Å².